The highest BCUT2D eigenvalue weighted by Gasteiger charge is 2.12. The molecule has 3 rings (SSSR count). The molecule has 0 bridgehead atoms. The molecule has 1 aromatic heterocycles. The first-order valence-corrected chi connectivity index (χ1v) is 7.71. The molecule has 1 heterocycles. The third kappa shape index (κ3) is 2.44. The molecule has 0 unspecified atom stereocenters. The van der Waals surface area contributed by atoms with Gasteiger partial charge in [-0.3, -0.25) is 0 Å². The van der Waals surface area contributed by atoms with Gasteiger partial charge in [0.1, 0.15) is 11.9 Å². The highest BCUT2D eigenvalue weighted by molar-refractivity contribution is 9.10. The van der Waals surface area contributed by atoms with Crippen molar-refractivity contribution < 1.29 is 0 Å². The number of fused-ring (bicyclic) bond motifs is 1. The van der Waals surface area contributed by atoms with Crippen molar-refractivity contribution in [2.24, 2.45) is 0 Å². The number of imidazole rings is 1. The van der Waals surface area contributed by atoms with Gasteiger partial charge in [0, 0.05) is 15.9 Å². The van der Waals surface area contributed by atoms with Crippen LogP contribution in [0, 0.1) is 18.3 Å². The summed E-state index contributed by atoms with van der Waals surface area (Å²) in [7, 11) is 0. The molecule has 0 saturated carbocycles. The van der Waals surface area contributed by atoms with E-state index in [9.17, 15) is 5.26 Å². The number of rotatable bonds is 2. The predicted molar refractivity (Wildman–Crippen MR) is 88.2 cm³/mol. The minimum absolute atomic E-state index is 0.364. The van der Waals surface area contributed by atoms with Crippen LogP contribution in [0.2, 0.25) is 0 Å². The molecule has 0 aliphatic heterocycles. The Balaban J connectivity index is 2.26. The van der Waals surface area contributed by atoms with E-state index in [1.165, 1.54) is 0 Å². The summed E-state index contributed by atoms with van der Waals surface area (Å²) in [5, 5.41) is 9.29. The summed E-state index contributed by atoms with van der Waals surface area (Å²) in [5.74, 6) is 1.12. The van der Waals surface area contributed by atoms with Gasteiger partial charge in [0.05, 0.1) is 16.6 Å². The fraction of sp³-hybridized carbons (Fsp3) is 0.125. The van der Waals surface area contributed by atoms with E-state index in [1.807, 2.05) is 31.2 Å². The third-order valence-corrected chi connectivity index (χ3v) is 4.62. The van der Waals surface area contributed by atoms with Crippen molar-refractivity contribution in [3.05, 3.63) is 51.5 Å². The maximum atomic E-state index is 9.29. The summed E-state index contributed by atoms with van der Waals surface area (Å²) in [6, 6.07) is 11.9. The lowest BCUT2D eigenvalue weighted by atomic mass is 10.1. The number of nitrogens with zero attached hydrogens (tertiary/aromatic N) is 2. The first kappa shape index (κ1) is 14.1. The zero-order valence-electron chi connectivity index (χ0n) is 11.2. The Bertz CT molecular complexity index is 877. The minimum atomic E-state index is 0.364. The van der Waals surface area contributed by atoms with Crippen LogP contribution in [0.1, 0.15) is 16.7 Å². The quantitative estimate of drug-likeness (QED) is 0.660. The van der Waals surface area contributed by atoms with Crippen molar-refractivity contribution in [1.29, 1.82) is 5.26 Å². The molecular formula is C16H11BrClN3. The molecule has 3 nitrogen and oxygen atoms in total. The van der Waals surface area contributed by atoms with Gasteiger partial charge in [-0.25, -0.2) is 4.98 Å². The Morgan fingerprint density at radius 1 is 1.38 bits per heavy atom. The Hall–Kier alpha value is -1.83. The summed E-state index contributed by atoms with van der Waals surface area (Å²) >= 11 is 9.40. The Morgan fingerprint density at radius 3 is 2.90 bits per heavy atom. The lowest BCUT2D eigenvalue weighted by molar-refractivity contribution is 1.30. The zero-order valence-corrected chi connectivity index (χ0v) is 13.6. The molecule has 0 amide bonds. The number of H-pyrrole nitrogens is 1. The first-order valence-electron chi connectivity index (χ1n) is 6.38. The van der Waals surface area contributed by atoms with E-state index in [0.717, 1.165) is 38.0 Å². The number of aromatic amines is 1. The van der Waals surface area contributed by atoms with E-state index in [1.54, 1.807) is 6.07 Å². The maximum Gasteiger partial charge on any atom is 0.138 e. The van der Waals surface area contributed by atoms with Crippen LogP contribution < -0.4 is 0 Å². The fourth-order valence-corrected chi connectivity index (χ4v) is 2.85. The minimum Gasteiger partial charge on any atom is -0.337 e. The number of hydrogen-bond acceptors (Lipinski definition) is 2. The molecule has 0 aliphatic carbocycles. The second kappa shape index (κ2) is 5.51. The molecule has 0 aliphatic rings. The van der Waals surface area contributed by atoms with E-state index >= 15 is 0 Å². The highest BCUT2D eigenvalue weighted by Crippen LogP contribution is 2.29. The summed E-state index contributed by atoms with van der Waals surface area (Å²) < 4.78 is 1.03. The van der Waals surface area contributed by atoms with Crippen LogP contribution in [0.15, 0.2) is 34.8 Å². The number of benzene rings is 2. The molecule has 0 atom stereocenters. The number of alkyl halides is 1. The molecule has 21 heavy (non-hydrogen) atoms. The van der Waals surface area contributed by atoms with Crippen molar-refractivity contribution in [2.75, 3.05) is 0 Å². The van der Waals surface area contributed by atoms with Crippen LogP contribution >= 0.6 is 27.5 Å². The Morgan fingerprint density at radius 2 is 2.19 bits per heavy atom. The molecule has 0 radical (unpaired) electrons. The van der Waals surface area contributed by atoms with Gasteiger partial charge in [-0.05, 0) is 36.2 Å². The number of nitrogens with one attached hydrogen (secondary N) is 1. The van der Waals surface area contributed by atoms with Gasteiger partial charge in [-0.2, -0.15) is 5.26 Å². The van der Waals surface area contributed by atoms with Crippen molar-refractivity contribution in [1.82, 2.24) is 9.97 Å². The standard InChI is InChI=1S/C16H11BrClN3/c1-9-12(3-2-4-13(9)17)16-20-14-6-10(7-18)5-11(8-19)15(14)21-16/h2-6H,7H2,1H3,(H,20,21). The third-order valence-electron chi connectivity index (χ3n) is 3.45. The van der Waals surface area contributed by atoms with Crippen molar-refractivity contribution >= 4 is 38.6 Å². The molecule has 0 fully saturated rings. The van der Waals surface area contributed by atoms with Gasteiger partial charge in [0.15, 0.2) is 0 Å². The van der Waals surface area contributed by atoms with Crippen molar-refractivity contribution in [3.8, 4) is 17.5 Å². The van der Waals surface area contributed by atoms with E-state index in [0.29, 0.717) is 11.4 Å². The molecule has 1 N–H and O–H groups in total. The van der Waals surface area contributed by atoms with Crippen LogP contribution in [-0.4, -0.2) is 9.97 Å². The van der Waals surface area contributed by atoms with E-state index in [2.05, 4.69) is 32.0 Å². The predicted octanol–water partition coefficient (Wildman–Crippen LogP) is 4.91. The Kier molecular flexibility index (Phi) is 3.71. The van der Waals surface area contributed by atoms with Crippen molar-refractivity contribution in [3.63, 3.8) is 0 Å². The second-order valence-corrected chi connectivity index (χ2v) is 5.90. The van der Waals surface area contributed by atoms with Gasteiger partial charge in [0.25, 0.3) is 0 Å². The number of hydrogen-bond donors (Lipinski definition) is 1. The number of halogens is 2. The largest absolute Gasteiger partial charge is 0.337 e. The lowest BCUT2D eigenvalue weighted by Crippen LogP contribution is -1.86. The molecule has 0 spiro atoms. The average molecular weight is 361 g/mol. The molecule has 5 heteroatoms. The fourth-order valence-electron chi connectivity index (χ4n) is 2.33. The van der Waals surface area contributed by atoms with Gasteiger partial charge in [0.2, 0.25) is 0 Å². The summed E-state index contributed by atoms with van der Waals surface area (Å²) in [4.78, 5) is 7.87. The summed E-state index contributed by atoms with van der Waals surface area (Å²) in [6.07, 6.45) is 0. The van der Waals surface area contributed by atoms with Crippen LogP contribution in [0.25, 0.3) is 22.4 Å². The second-order valence-electron chi connectivity index (χ2n) is 4.78. The van der Waals surface area contributed by atoms with E-state index in [-0.39, 0.29) is 0 Å². The average Bonchev–Trinajstić information content (AvgIpc) is 2.92. The summed E-state index contributed by atoms with van der Waals surface area (Å²) in [5.41, 5.74) is 5.09. The molecule has 2 aromatic carbocycles. The van der Waals surface area contributed by atoms with Gasteiger partial charge < -0.3 is 4.98 Å². The monoisotopic (exact) mass is 359 g/mol. The van der Waals surface area contributed by atoms with E-state index in [4.69, 9.17) is 11.6 Å². The smallest absolute Gasteiger partial charge is 0.138 e. The number of nitriles is 1. The molecular weight excluding hydrogens is 350 g/mol. The molecule has 0 saturated heterocycles. The van der Waals surface area contributed by atoms with Crippen LogP contribution in [0.5, 0.6) is 0 Å². The maximum absolute atomic E-state index is 9.29. The normalized spacial score (nSPS) is 10.8. The zero-order chi connectivity index (χ0) is 15.0. The number of aromatic nitrogens is 2. The first-order chi connectivity index (χ1) is 10.1. The summed E-state index contributed by atoms with van der Waals surface area (Å²) in [6.45, 7) is 2.03. The topological polar surface area (TPSA) is 52.5 Å². The van der Waals surface area contributed by atoms with Gasteiger partial charge in [-0.1, -0.05) is 28.1 Å². The lowest BCUT2D eigenvalue weighted by Gasteiger charge is -2.03. The Labute approximate surface area is 135 Å². The SMILES string of the molecule is Cc1c(Br)cccc1-c1nc2cc(CCl)cc(C#N)c2[nH]1. The van der Waals surface area contributed by atoms with E-state index < -0.39 is 0 Å². The van der Waals surface area contributed by atoms with Crippen LogP contribution in [0.3, 0.4) is 0 Å². The highest BCUT2D eigenvalue weighted by atomic mass is 79.9. The molecule has 3 aromatic rings. The molecule has 104 valence electrons. The van der Waals surface area contributed by atoms with Crippen LogP contribution in [0.4, 0.5) is 0 Å². The van der Waals surface area contributed by atoms with Gasteiger partial charge in [-0.15, -0.1) is 11.6 Å². The van der Waals surface area contributed by atoms with Crippen LogP contribution in [-0.2, 0) is 5.88 Å². The van der Waals surface area contributed by atoms with Crippen molar-refractivity contribution in [2.45, 2.75) is 12.8 Å². The van der Waals surface area contributed by atoms with Gasteiger partial charge >= 0.3 is 0 Å².